The van der Waals surface area contributed by atoms with Crippen molar-refractivity contribution in [3.8, 4) is 0 Å². The number of hydrogen-bond acceptors (Lipinski definition) is 5. The van der Waals surface area contributed by atoms with Crippen molar-refractivity contribution in [1.82, 2.24) is 15.2 Å². The van der Waals surface area contributed by atoms with Gasteiger partial charge in [-0.3, -0.25) is 0 Å². The summed E-state index contributed by atoms with van der Waals surface area (Å²) in [6, 6.07) is 0.315. The van der Waals surface area contributed by atoms with Gasteiger partial charge in [0.2, 0.25) is 5.95 Å². The number of nitrogens with zero attached hydrogens (tertiary/aromatic N) is 3. The quantitative estimate of drug-likeness (QED) is 0.848. The highest BCUT2D eigenvalue weighted by atomic mass is 15.2. The lowest BCUT2D eigenvalue weighted by molar-refractivity contribution is 0.321. The summed E-state index contributed by atoms with van der Waals surface area (Å²) in [5, 5.41) is 11.7. The Kier molecular flexibility index (Phi) is 5.07. The fraction of sp³-hybridized carbons (Fsp3) is 0.786. The molecule has 1 aromatic heterocycles. The van der Waals surface area contributed by atoms with Crippen LogP contribution in [0, 0.1) is 5.92 Å². The average Bonchev–Trinajstić information content (AvgIpc) is 2.46. The van der Waals surface area contributed by atoms with E-state index >= 15 is 0 Å². The smallest absolute Gasteiger partial charge is 0.242 e. The molecule has 5 heteroatoms. The maximum absolute atomic E-state index is 6.15. The van der Waals surface area contributed by atoms with E-state index in [0.717, 1.165) is 37.2 Å². The van der Waals surface area contributed by atoms with Crippen molar-refractivity contribution < 1.29 is 0 Å². The fourth-order valence-electron chi connectivity index (χ4n) is 2.73. The van der Waals surface area contributed by atoms with Crippen LogP contribution >= 0.6 is 0 Å². The second kappa shape index (κ2) is 6.80. The Morgan fingerprint density at radius 1 is 1.11 bits per heavy atom. The maximum Gasteiger partial charge on any atom is 0.242 e. The van der Waals surface area contributed by atoms with Crippen LogP contribution in [-0.4, -0.2) is 27.8 Å². The van der Waals surface area contributed by atoms with Crippen molar-refractivity contribution in [2.45, 2.75) is 58.4 Å². The van der Waals surface area contributed by atoms with Crippen molar-refractivity contribution in [1.29, 1.82) is 0 Å². The largest absolute Gasteiger partial charge is 0.353 e. The molecule has 2 atom stereocenters. The van der Waals surface area contributed by atoms with Gasteiger partial charge in [-0.2, -0.15) is 5.10 Å². The van der Waals surface area contributed by atoms with Gasteiger partial charge in [-0.15, -0.1) is 5.10 Å². The number of hydrogen-bond donors (Lipinski definition) is 2. The van der Waals surface area contributed by atoms with Crippen LogP contribution in [0.1, 0.15) is 50.9 Å². The van der Waals surface area contributed by atoms with Crippen LogP contribution in [0.2, 0.25) is 0 Å². The zero-order chi connectivity index (χ0) is 13.7. The topological polar surface area (TPSA) is 76.7 Å². The van der Waals surface area contributed by atoms with E-state index < -0.39 is 0 Å². The number of aromatic nitrogens is 3. The molecular weight excluding hydrogens is 238 g/mol. The first-order chi connectivity index (χ1) is 9.24. The molecule has 0 saturated heterocycles. The van der Waals surface area contributed by atoms with Gasteiger partial charge in [-0.1, -0.05) is 26.7 Å². The fourth-order valence-corrected chi connectivity index (χ4v) is 2.73. The van der Waals surface area contributed by atoms with E-state index in [2.05, 4.69) is 34.3 Å². The third kappa shape index (κ3) is 3.62. The summed E-state index contributed by atoms with van der Waals surface area (Å²) in [6.07, 6.45) is 6.68. The van der Waals surface area contributed by atoms with Crippen molar-refractivity contribution >= 4 is 5.95 Å². The summed E-state index contributed by atoms with van der Waals surface area (Å²) >= 11 is 0. The molecular formula is C14H25N5. The number of rotatable bonds is 5. The van der Waals surface area contributed by atoms with Gasteiger partial charge >= 0.3 is 0 Å². The highest BCUT2D eigenvalue weighted by Crippen LogP contribution is 2.23. The summed E-state index contributed by atoms with van der Waals surface area (Å²) in [5.41, 5.74) is 8.20. The zero-order valence-electron chi connectivity index (χ0n) is 12.0. The number of aryl methyl sites for hydroxylation is 2. The highest BCUT2D eigenvalue weighted by molar-refractivity contribution is 5.26. The van der Waals surface area contributed by atoms with Gasteiger partial charge in [0.1, 0.15) is 0 Å². The van der Waals surface area contributed by atoms with E-state index in [9.17, 15) is 0 Å². The Morgan fingerprint density at radius 2 is 1.84 bits per heavy atom. The van der Waals surface area contributed by atoms with Gasteiger partial charge in [-0.05, 0) is 31.6 Å². The lowest BCUT2D eigenvalue weighted by atomic mass is 9.85. The molecule has 1 fully saturated rings. The van der Waals surface area contributed by atoms with Gasteiger partial charge < -0.3 is 11.1 Å². The molecule has 1 heterocycles. The molecule has 1 aromatic rings. The first-order valence-electron chi connectivity index (χ1n) is 7.46. The summed E-state index contributed by atoms with van der Waals surface area (Å²) in [6.45, 7) is 5.04. The molecule has 3 N–H and O–H groups in total. The first-order valence-corrected chi connectivity index (χ1v) is 7.46. The van der Waals surface area contributed by atoms with Crippen LogP contribution in [0.4, 0.5) is 5.95 Å². The second-order valence-electron chi connectivity index (χ2n) is 5.33. The molecule has 1 aliphatic rings. The maximum atomic E-state index is 6.15. The standard InChI is InChI=1S/C14H25N5/c1-3-12-13(4-2)18-19-14(17-12)16-9-10-7-5-6-8-11(10)15/h10-11H,3-9,15H2,1-2H3,(H,16,17,19). The summed E-state index contributed by atoms with van der Waals surface area (Å²) in [4.78, 5) is 4.55. The highest BCUT2D eigenvalue weighted by Gasteiger charge is 2.21. The molecule has 106 valence electrons. The predicted molar refractivity (Wildman–Crippen MR) is 77.0 cm³/mol. The second-order valence-corrected chi connectivity index (χ2v) is 5.33. The van der Waals surface area contributed by atoms with E-state index in [0.29, 0.717) is 17.9 Å². The van der Waals surface area contributed by atoms with Gasteiger partial charge in [0, 0.05) is 12.6 Å². The Labute approximate surface area is 115 Å². The third-order valence-corrected chi connectivity index (χ3v) is 4.00. The van der Waals surface area contributed by atoms with Crippen molar-refractivity contribution in [3.63, 3.8) is 0 Å². The van der Waals surface area contributed by atoms with E-state index in [1.807, 2.05) is 0 Å². The first kappa shape index (κ1) is 14.2. The van der Waals surface area contributed by atoms with E-state index in [-0.39, 0.29) is 0 Å². The SMILES string of the molecule is CCc1nnc(NCC2CCCCC2N)nc1CC. The molecule has 1 saturated carbocycles. The number of nitrogens with one attached hydrogen (secondary N) is 1. The lowest BCUT2D eigenvalue weighted by Crippen LogP contribution is -2.37. The van der Waals surface area contributed by atoms with Gasteiger partial charge in [0.05, 0.1) is 11.4 Å². The van der Waals surface area contributed by atoms with E-state index in [1.54, 1.807) is 0 Å². The Bertz CT molecular complexity index is 407. The van der Waals surface area contributed by atoms with Crippen molar-refractivity contribution in [2.24, 2.45) is 11.7 Å². The molecule has 2 rings (SSSR count). The molecule has 5 nitrogen and oxygen atoms in total. The predicted octanol–water partition coefficient (Wildman–Crippen LogP) is 1.93. The number of anilines is 1. The molecule has 1 aliphatic carbocycles. The van der Waals surface area contributed by atoms with Crippen LogP contribution < -0.4 is 11.1 Å². The molecule has 0 amide bonds. The van der Waals surface area contributed by atoms with Crippen LogP contribution in [-0.2, 0) is 12.8 Å². The third-order valence-electron chi connectivity index (χ3n) is 4.00. The Balaban J connectivity index is 1.95. The normalized spacial score (nSPS) is 23.3. The summed E-state index contributed by atoms with van der Waals surface area (Å²) in [7, 11) is 0. The van der Waals surface area contributed by atoms with E-state index in [1.165, 1.54) is 19.3 Å². The monoisotopic (exact) mass is 263 g/mol. The summed E-state index contributed by atoms with van der Waals surface area (Å²) in [5.74, 6) is 1.18. The molecule has 0 aromatic carbocycles. The Hall–Kier alpha value is -1.23. The molecule has 19 heavy (non-hydrogen) atoms. The molecule has 0 bridgehead atoms. The van der Waals surface area contributed by atoms with Crippen molar-refractivity contribution in [2.75, 3.05) is 11.9 Å². The molecule has 2 unspecified atom stereocenters. The van der Waals surface area contributed by atoms with Gasteiger partial charge in [-0.25, -0.2) is 4.98 Å². The number of nitrogens with two attached hydrogens (primary N) is 1. The minimum absolute atomic E-state index is 0.315. The Morgan fingerprint density at radius 3 is 2.53 bits per heavy atom. The summed E-state index contributed by atoms with van der Waals surface area (Å²) < 4.78 is 0. The molecule has 0 radical (unpaired) electrons. The van der Waals surface area contributed by atoms with Crippen LogP contribution in [0.3, 0.4) is 0 Å². The van der Waals surface area contributed by atoms with Crippen LogP contribution in [0.5, 0.6) is 0 Å². The van der Waals surface area contributed by atoms with Crippen LogP contribution in [0.25, 0.3) is 0 Å². The minimum atomic E-state index is 0.315. The molecule has 0 spiro atoms. The van der Waals surface area contributed by atoms with Crippen LogP contribution in [0.15, 0.2) is 0 Å². The average molecular weight is 263 g/mol. The van der Waals surface area contributed by atoms with Gasteiger partial charge in [0.25, 0.3) is 0 Å². The minimum Gasteiger partial charge on any atom is -0.353 e. The molecule has 0 aliphatic heterocycles. The van der Waals surface area contributed by atoms with Crippen molar-refractivity contribution in [3.05, 3.63) is 11.4 Å². The van der Waals surface area contributed by atoms with E-state index in [4.69, 9.17) is 5.73 Å². The zero-order valence-corrected chi connectivity index (χ0v) is 12.0. The van der Waals surface area contributed by atoms with Gasteiger partial charge in [0.15, 0.2) is 0 Å². The lowest BCUT2D eigenvalue weighted by Gasteiger charge is -2.28.